The van der Waals surface area contributed by atoms with Gasteiger partial charge in [-0.15, -0.1) is 0 Å². The van der Waals surface area contributed by atoms with E-state index in [2.05, 4.69) is 9.69 Å². The number of aromatic nitrogens is 1. The van der Waals surface area contributed by atoms with Gasteiger partial charge < -0.3 is 19.4 Å². The van der Waals surface area contributed by atoms with Gasteiger partial charge in [0.05, 0.1) is 24.7 Å². The highest BCUT2D eigenvalue weighted by Gasteiger charge is 2.46. The average Bonchev–Trinajstić information content (AvgIpc) is 2.87. The van der Waals surface area contributed by atoms with Crippen molar-refractivity contribution in [2.45, 2.75) is 79.2 Å². The molecule has 2 heterocycles. The molecule has 1 aliphatic heterocycles. The molecule has 10 heteroatoms. The molecule has 39 heavy (non-hydrogen) atoms. The quantitative estimate of drug-likeness (QED) is 0.184. The Labute approximate surface area is 230 Å². The minimum absolute atomic E-state index is 0.0257. The molecule has 0 radical (unpaired) electrons. The molecular weight excluding hydrogens is 500 g/mol. The van der Waals surface area contributed by atoms with Crippen LogP contribution in [0.5, 0.6) is 5.88 Å². The van der Waals surface area contributed by atoms with E-state index in [9.17, 15) is 19.5 Å². The van der Waals surface area contributed by atoms with Crippen LogP contribution in [0.1, 0.15) is 58.6 Å². The first-order chi connectivity index (χ1) is 18.5. The van der Waals surface area contributed by atoms with Gasteiger partial charge in [0.25, 0.3) is 11.5 Å². The lowest BCUT2D eigenvalue weighted by Crippen LogP contribution is -2.52. The van der Waals surface area contributed by atoms with E-state index >= 15 is 0 Å². The number of amides is 2. The van der Waals surface area contributed by atoms with Crippen molar-refractivity contribution in [3.05, 3.63) is 62.0 Å². The summed E-state index contributed by atoms with van der Waals surface area (Å²) in [6.07, 6.45) is 5.50. The highest BCUT2D eigenvalue weighted by molar-refractivity contribution is 6.10. The maximum Gasteiger partial charge on any atom is 0.313 e. The number of hydrogen-bond donors (Lipinski definition) is 1. The normalized spacial score (nSPS) is 18.9. The third-order valence-electron chi connectivity index (χ3n) is 6.42. The molecule has 10 nitrogen and oxygen atoms in total. The lowest BCUT2D eigenvalue weighted by atomic mass is 9.87. The zero-order chi connectivity index (χ0) is 29.3. The predicted molar refractivity (Wildman–Crippen MR) is 148 cm³/mol. The maximum absolute atomic E-state index is 13.2. The number of pyridine rings is 1. The smallest absolute Gasteiger partial charge is 0.313 e. The molecule has 1 aliphatic rings. The summed E-state index contributed by atoms with van der Waals surface area (Å²) in [5, 5.41) is 10.6. The molecule has 2 rings (SSSR count). The van der Waals surface area contributed by atoms with E-state index in [1.165, 1.54) is 18.2 Å². The highest BCUT2D eigenvalue weighted by Crippen LogP contribution is 2.32. The Hall–Kier alpha value is -3.73. The first-order valence-corrected chi connectivity index (χ1v) is 13.1. The fourth-order valence-electron chi connectivity index (χ4n) is 4.29. The number of ether oxygens (including phenoxy) is 2. The molecule has 0 saturated carbocycles. The van der Waals surface area contributed by atoms with Gasteiger partial charge in [0.1, 0.15) is 0 Å². The van der Waals surface area contributed by atoms with Gasteiger partial charge in [0, 0.05) is 37.4 Å². The SMILES string of the molecule is [C-]#[N+]c1c(C)c(/C=C/C=C2\C(=O)N(CCCOC(C)C)C(=O)C([N+]#[C-])C2C)c(=O)n(CCCOC(C)C)c1O. The Morgan fingerprint density at radius 1 is 1.03 bits per heavy atom. The summed E-state index contributed by atoms with van der Waals surface area (Å²) in [6, 6.07) is -1.03. The number of aromatic hydroxyl groups is 1. The molecule has 0 bridgehead atoms. The number of rotatable bonds is 12. The first kappa shape index (κ1) is 31.5. The summed E-state index contributed by atoms with van der Waals surface area (Å²) < 4.78 is 12.2. The van der Waals surface area contributed by atoms with Crippen LogP contribution in [0.25, 0.3) is 15.8 Å². The molecular formula is C29H38N4O6. The third kappa shape index (κ3) is 7.66. The van der Waals surface area contributed by atoms with Crippen LogP contribution in [0.15, 0.2) is 22.5 Å². The molecule has 0 aliphatic carbocycles. The highest BCUT2D eigenvalue weighted by atomic mass is 16.5. The molecule has 2 amide bonds. The van der Waals surface area contributed by atoms with Crippen LogP contribution in [-0.4, -0.2) is 64.4 Å². The van der Waals surface area contributed by atoms with Gasteiger partial charge in [0.15, 0.2) is 5.88 Å². The number of piperidine rings is 1. The van der Waals surface area contributed by atoms with Crippen LogP contribution in [0, 0.1) is 26.0 Å². The average molecular weight is 539 g/mol. The summed E-state index contributed by atoms with van der Waals surface area (Å²) in [4.78, 5) is 47.2. The number of carbonyl (C=O) groups excluding carboxylic acids is 2. The number of imide groups is 1. The topological polar surface area (TPSA) is 107 Å². The lowest BCUT2D eigenvalue weighted by Gasteiger charge is -2.31. The Bertz CT molecular complexity index is 1260. The van der Waals surface area contributed by atoms with Crippen molar-refractivity contribution in [3.8, 4) is 5.88 Å². The van der Waals surface area contributed by atoms with Crippen LogP contribution in [0.4, 0.5) is 5.69 Å². The molecule has 1 aromatic heterocycles. The van der Waals surface area contributed by atoms with Crippen LogP contribution < -0.4 is 5.56 Å². The van der Waals surface area contributed by atoms with Crippen LogP contribution >= 0.6 is 0 Å². The molecule has 1 saturated heterocycles. The van der Waals surface area contributed by atoms with E-state index in [-0.39, 0.29) is 48.0 Å². The van der Waals surface area contributed by atoms with Crippen molar-refractivity contribution in [2.75, 3.05) is 19.8 Å². The molecule has 2 unspecified atom stereocenters. The molecule has 1 fully saturated rings. The molecule has 1 N–H and O–H groups in total. The Balaban J connectivity index is 2.39. The largest absolute Gasteiger partial charge is 0.503 e. The summed E-state index contributed by atoms with van der Waals surface area (Å²) in [5.41, 5.74) is 0.310. The van der Waals surface area contributed by atoms with Gasteiger partial charge >= 0.3 is 11.9 Å². The second kappa shape index (κ2) is 14.4. The minimum atomic E-state index is -1.03. The van der Waals surface area contributed by atoms with Crippen LogP contribution in [0.3, 0.4) is 0 Å². The van der Waals surface area contributed by atoms with Crippen molar-refractivity contribution in [3.63, 3.8) is 0 Å². The molecule has 0 aromatic carbocycles. The number of hydrogen-bond acceptors (Lipinski definition) is 6. The van der Waals surface area contributed by atoms with Crippen molar-refractivity contribution in [2.24, 2.45) is 5.92 Å². The summed E-state index contributed by atoms with van der Waals surface area (Å²) >= 11 is 0. The zero-order valence-corrected chi connectivity index (χ0v) is 23.6. The van der Waals surface area contributed by atoms with Gasteiger partial charge in [-0.2, -0.15) is 0 Å². The molecule has 1 aromatic rings. The fraction of sp³-hybridized carbons (Fsp3) is 0.552. The van der Waals surface area contributed by atoms with E-state index in [1.807, 2.05) is 27.7 Å². The third-order valence-corrected chi connectivity index (χ3v) is 6.42. The van der Waals surface area contributed by atoms with Crippen LogP contribution in [-0.2, 0) is 25.6 Å². The lowest BCUT2D eigenvalue weighted by molar-refractivity contribution is -0.146. The van der Waals surface area contributed by atoms with Gasteiger partial charge in [-0.25, -0.2) is 11.4 Å². The molecule has 210 valence electrons. The molecule has 0 spiro atoms. The van der Waals surface area contributed by atoms with Gasteiger partial charge in [-0.3, -0.25) is 23.9 Å². The van der Waals surface area contributed by atoms with Gasteiger partial charge in [-0.1, -0.05) is 25.2 Å². The van der Waals surface area contributed by atoms with E-state index < -0.39 is 29.3 Å². The van der Waals surface area contributed by atoms with E-state index in [0.29, 0.717) is 31.6 Å². The van der Waals surface area contributed by atoms with Gasteiger partial charge in [0.2, 0.25) is 5.69 Å². The minimum Gasteiger partial charge on any atom is -0.503 e. The second-order valence-corrected chi connectivity index (χ2v) is 9.96. The van der Waals surface area contributed by atoms with Crippen molar-refractivity contribution >= 4 is 23.6 Å². The van der Waals surface area contributed by atoms with E-state index in [0.717, 1.165) is 9.47 Å². The summed E-state index contributed by atoms with van der Waals surface area (Å²) in [6.45, 7) is 26.9. The van der Waals surface area contributed by atoms with E-state index in [4.69, 9.17) is 22.6 Å². The standard InChI is InChI=1S/C29H38N4O6/c1-18(2)38-16-10-14-32-26(34)22(20(5)24(30-7)28(32)36)12-9-13-23-21(6)25(31-8)29(37)33(27(23)35)15-11-17-39-19(3)4/h9,12-13,18-20,24,37H,10-11,14-17H2,1-6H3/b13-9+,22-12-. The predicted octanol–water partition coefficient (Wildman–Crippen LogP) is 4.28. The number of likely N-dealkylation sites (tertiary alicyclic amines) is 1. The molecule has 2 atom stereocenters. The zero-order valence-electron chi connectivity index (χ0n) is 23.6. The summed E-state index contributed by atoms with van der Waals surface area (Å²) in [7, 11) is 0. The van der Waals surface area contributed by atoms with Crippen molar-refractivity contribution < 1.29 is 24.2 Å². The fourth-order valence-corrected chi connectivity index (χ4v) is 4.29. The van der Waals surface area contributed by atoms with E-state index in [1.54, 1.807) is 13.8 Å². The number of carbonyl (C=O) groups is 2. The number of nitrogens with zero attached hydrogens (tertiary/aromatic N) is 4. The Morgan fingerprint density at radius 3 is 2.15 bits per heavy atom. The van der Waals surface area contributed by atoms with Crippen molar-refractivity contribution in [1.29, 1.82) is 0 Å². The first-order valence-electron chi connectivity index (χ1n) is 13.1. The second-order valence-electron chi connectivity index (χ2n) is 9.96. The maximum atomic E-state index is 13.2. The van der Waals surface area contributed by atoms with Crippen molar-refractivity contribution in [1.82, 2.24) is 9.47 Å². The Kier molecular flexibility index (Phi) is 11.7. The Morgan fingerprint density at radius 2 is 1.62 bits per heavy atom. The van der Waals surface area contributed by atoms with Crippen LogP contribution in [0.2, 0.25) is 0 Å². The monoisotopic (exact) mass is 538 g/mol. The van der Waals surface area contributed by atoms with Gasteiger partial charge in [-0.05, 0) is 53.0 Å². The number of allylic oxidation sites excluding steroid dienone is 2. The summed E-state index contributed by atoms with van der Waals surface area (Å²) in [5.74, 6) is -2.02.